The lowest BCUT2D eigenvalue weighted by molar-refractivity contribution is 0.199. The molecule has 0 amide bonds. The largest absolute Gasteiger partial charge is 0.468 e. The Morgan fingerprint density at radius 3 is 2.58 bits per heavy atom. The molecule has 0 radical (unpaired) electrons. The van der Waals surface area contributed by atoms with E-state index in [1.807, 2.05) is 6.07 Å². The van der Waals surface area contributed by atoms with Crippen molar-refractivity contribution in [2.75, 3.05) is 6.54 Å². The second kappa shape index (κ2) is 7.74. The van der Waals surface area contributed by atoms with Crippen molar-refractivity contribution in [2.45, 2.75) is 64.8 Å². The second-order valence-electron chi connectivity index (χ2n) is 6.02. The molecule has 19 heavy (non-hydrogen) atoms. The van der Waals surface area contributed by atoms with Gasteiger partial charge < -0.3 is 9.73 Å². The van der Waals surface area contributed by atoms with Crippen LogP contribution < -0.4 is 5.32 Å². The van der Waals surface area contributed by atoms with Crippen LogP contribution in [0.3, 0.4) is 0 Å². The van der Waals surface area contributed by atoms with Gasteiger partial charge in [0.25, 0.3) is 0 Å². The van der Waals surface area contributed by atoms with E-state index in [1.165, 1.54) is 44.9 Å². The third-order valence-electron chi connectivity index (χ3n) is 4.52. The summed E-state index contributed by atoms with van der Waals surface area (Å²) < 4.78 is 5.66. The molecule has 0 bridgehead atoms. The number of hydrogen-bond acceptors (Lipinski definition) is 2. The maximum Gasteiger partial charge on any atom is 0.120 e. The van der Waals surface area contributed by atoms with Crippen LogP contribution in [0.1, 0.15) is 70.6 Å². The van der Waals surface area contributed by atoms with Crippen LogP contribution in [0.5, 0.6) is 0 Å². The lowest BCUT2D eigenvalue weighted by atomic mass is 9.76. The van der Waals surface area contributed by atoms with Gasteiger partial charge in [0.2, 0.25) is 0 Å². The first-order chi connectivity index (χ1) is 9.35. The molecule has 1 aliphatic carbocycles. The summed E-state index contributed by atoms with van der Waals surface area (Å²) in [5.41, 5.74) is 0. The van der Waals surface area contributed by atoms with Crippen LogP contribution in [-0.2, 0) is 0 Å². The molecule has 0 aliphatic heterocycles. The molecule has 1 aromatic heterocycles. The molecule has 1 N–H and O–H groups in total. The molecule has 1 aromatic rings. The van der Waals surface area contributed by atoms with Crippen molar-refractivity contribution < 1.29 is 4.42 Å². The lowest BCUT2D eigenvalue weighted by Crippen LogP contribution is -2.31. The monoisotopic (exact) mass is 263 g/mol. The van der Waals surface area contributed by atoms with Gasteiger partial charge >= 0.3 is 0 Å². The fourth-order valence-electron chi connectivity index (χ4n) is 3.49. The maximum atomic E-state index is 5.66. The van der Waals surface area contributed by atoms with E-state index in [0.29, 0.717) is 6.04 Å². The standard InChI is InChI=1S/C17H29NO/c1-3-6-14-8-10-15(11-9-14)17(18-12-4-2)16-7-5-13-19-16/h5,7,13-15,17-18H,3-4,6,8-12H2,1-2H3. The van der Waals surface area contributed by atoms with Crippen molar-refractivity contribution >= 4 is 0 Å². The average Bonchev–Trinajstić information content (AvgIpc) is 2.95. The van der Waals surface area contributed by atoms with Crippen molar-refractivity contribution in [3.05, 3.63) is 24.2 Å². The molecular formula is C17H29NO. The summed E-state index contributed by atoms with van der Waals surface area (Å²) in [5, 5.41) is 3.69. The minimum absolute atomic E-state index is 0.428. The molecule has 1 atom stereocenters. The normalized spacial score (nSPS) is 25.4. The molecule has 108 valence electrons. The molecule has 2 nitrogen and oxygen atoms in total. The van der Waals surface area contributed by atoms with Crippen molar-refractivity contribution in [2.24, 2.45) is 11.8 Å². The van der Waals surface area contributed by atoms with E-state index in [1.54, 1.807) is 6.26 Å². The molecule has 0 aromatic carbocycles. The minimum atomic E-state index is 0.428. The Morgan fingerprint density at radius 2 is 2.00 bits per heavy atom. The Hall–Kier alpha value is -0.760. The number of furan rings is 1. The fraction of sp³-hybridized carbons (Fsp3) is 0.765. The Labute approximate surface area is 118 Å². The van der Waals surface area contributed by atoms with E-state index < -0.39 is 0 Å². The molecule has 1 unspecified atom stereocenters. The maximum absolute atomic E-state index is 5.66. The van der Waals surface area contributed by atoms with E-state index in [9.17, 15) is 0 Å². The Balaban J connectivity index is 1.92. The summed E-state index contributed by atoms with van der Waals surface area (Å²) in [4.78, 5) is 0. The summed E-state index contributed by atoms with van der Waals surface area (Å²) in [6.45, 7) is 5.62. The van der Waals surface area contributed by atoms with E-state index >= 15 is 0 Å². The van der Waals surface area contributed by atoms with Gasteiger partial charge in [-0.25, -0.2) is 0 Å². The first kappa shape index (κ1) is 14.6. The van der Waals surface area contributed by atoms with E-state index in [4.69, 9.17) is 4.42 Å². The lowest BCUT2D eigenvalue weighted by Gasteiger charge is -2.33. The summed E-state index contributed by atoms with van der Waals surface area (Å²) in [7, 11) is 0. The van der Waals surface area contributed by atoms with Crippen LogP contribution in [0, 0.1) is 11.8 Å². The summed E-state index contributed by atoms with van der Waals surface area (Å²) in [6.07, 6.45) is 11.3. The van der Waals surface area contributed by atoms with Crippen LogP contribution in [0.4, 0.5) is 0 Å². The molecule has 1 aliphatic rings. The summed E-state index contributed by atoms with van der Waals surface area (Å²) in [5.74, 6) is 2.86. The van der Waals surface area contributed by atoms with Gasteiger partial charge in [-0.3, -0.25) is 0 Å². The van der Waals surface area contributed by atoms with Crippen molar-refractivity contribution in [1.82, 2.24) is 5.32 Å². The first-order valence-corrected chi connectivity index (χ1v) is 8.11. The summed E-state index contributed by atoms with van der Waals surface area (Å²) >= 11 is 0. The number of nitrogens with one attached hydrogen (secondary N) is 1. The predicted octanol–water partition coefficient (Wildman–Crippen LogP) is 4.93. The Bertz CT molecular complexity index is 325. The highest BCUT2D eigenvalue weighted by atomic mass is 16.3. The second-order valence-corrected chi connectivity index (χ2v) is 6.02. The molecule has 0 saturated heterocycles. The SMILES string of the molecule is CCCNC(c1ccco1)C1CCC(CCC)CC1. The van der Waals surface area contributed by atoms with Gasteiger partial charge in [0, 0.05) is 0 Å². The van der Waals surface area contributed by atoms with Crippen molar-refractivity contribution in [3.63, 3.8) is 0 Å². The molecule has 1 saturated carbocycles. The van der Waals surface area contributed by atoms with E-state index in [-0.39, 0.29) is 0 Å². The Kier molecular flexibility index (Phi) is 5.96. The quantitative estimate of drug-likeness (QED) is 0.754. The van der Waals surface area contributed by atoms with Crippen LogP contribution in [0.25, 0.3) is 0 Å². The number of hydrogen-bond donors (Lipinski definition) is 1. The van der Waals surface area contributed by atoms with Gasteiger partial charge in [0.05, 0.1) is 12.3 Å². The van der Waals surface area contributed by atoms with Gasteiger partial charge in [-0.2, -0.15) is 0 Å². The number of rotatable bonds is 7. The van der Waals surface area contributed by atoms with Crippen molar-refractivity contribution in [3.8, 4) is 0 Å². The van der Waals surface area contributed by atoms with Gasteiger partial charge in [-0.15, -0.1) is 0 Å². The van der Waals surface area contributed by atoms with Gasteiger partial charge in [0.15, 0.2) is 0 Å². The van der Waals surface area contributed by atoms with Crippen LogP contribution in [-0.4, -0.2) is 6.54 Å². The van der Waals surface area contributed by atoms with Crippen LogP contribution >= 0.6 is 0 Å². The first-order valence-electron chi connectivity index (χ1n) is 8.11. The zero-order valence-corrected chi connectivity index (χ0v) is 12.5. The minimum Gasteiger partial charge on any atom is -0.468 e. The molecule has 0 spiro atoms. The topological polar surface area (TPSA) is 25.2 Å². The van der Waals surface area contributed by atoms with E-state index in [2.05, 4.69) is 25.2 Å². The average molecular weight is 263 g/mol. The van der Waals surface area contributed by atoms with Crippen molar-refractivity contribution in [1.29, 1.82) is 0 Å². The Morgan fingerprint density at radius 1 is 1.21 bits per heavy atom. The third-order valence-corrected chi connectivity index (χ3v) is 4.52. The zero-order chi connectivity index (χ0) is 13.5. The smallest absolute Gasteiger partial charge is 0.120 e. The molecule has 2 heteroatoms. The molecular weight excluding hydrogens is 234 g/mol. The van der Waals surface area contributed by atoms with Gasteiger partial charge in [-0.1, -0.05) is 39.5 Å². The van der Waals surface area contributed by atoms with Gasteiger partial charge in [-0.05, 0) is 49.8 Å². The molecule has 2 rings (SSSR count). The summed E-state index contributed by atoms with van der Waals surface area (Å²) in [6, 6.07) is 4.57. The highest BCUT2D eigenvalue weighted by Crippen LogP contribution is 2.38. The third kappa shape index (κ3) is 4.10. The highest BCUT2D eigenvalue weighted by molar-refractivity contribution is 5.06. The van der Waals surface area contributed by atoms with Crippen LogP contribution in [0.15, 0.2) is 22.8 Å². The zero-order valence-electron chi connectivity index (χ0n) is 12.5. The van der Waals surface area contributed by atoms with Gasteiger partial charge in [0.1, 0.15) is 5.76 Å². The molecule has 1 fully saturated rings. The highest BCUT2D eigenvalue weighted by Gasteiger charge is 2.29. The van der Waals surface area contributed by atoms with Crippen LogP contribution in [0.2, 0.25) is 0 Å². The predicted molar refractivity (Wildman–Crippen MR) is 80.1 cm³/mol. The van der Waals surface area contributed by atoms with E-state index in [0.717, 1.165) is 24.1 Å². The fourth-order valence-corrected chi connectivity index (χ4v) is 3.49. The molecule has 1 heterocycles.